The van der Waals surface area contributed by atoms with Gasteiger partial charge in [0.25, 0.3) is 0 Å². The van der Waals surface area contributed by atoms with Crippen LogP contribution >= 0.6 is 11.6 Å². The first-order valence-electron chi connectivity index (χ1n) is 7.40. The molecule has 3 nitrogen and oxygen atoms in total. The zero-order valence-corrected chi connectivity index (χ0v) is 12.7. The molecule has 0 aromatic carbocycles. The molecule has 0 N–H and O–H groups in total. The minimum Gasteiger partial charge on any atom is -0.342 e. The van der Waals surface area contributed by atoms with E-state index >= 15 is 0 Å². The average molecular weight is 285 g/mol. The Kier molecular flexibility index (Phi) is 5.28. The fourth-order valence-corrected chi connectivity index (χ4v) is 3.40. The van der Waals surface area contributed by atoms with Gasteiger partial charge in [0.15, 0.2) is 0 Å². The van der Waals surface area contributed by atoms with Gasteiger partial charge in [-0.25, -0.2) is 0 Å². The molecule has 0 aromatic rings. The standard InChI is InChI=1S/C15H25ClN2O/c1-12-4-3-7-18(10-12)15(19)14-5-8-17(9-6-14)11-13(2)16/h12,14H,2-11H2,1H3. The average Bonchev–Trinajstić information content (AvgIpc) is 2.38. The van der Waals surface area contributed by atoms with E-state index in [1.807, 2.05) is 0 Å². The van der Waals surface area contributed by atoms with Crippen LogP contribution in [-0.4, -0.2) is 48.4 Å². The number of halogens is 1. The van der Waals surface area contributed by atoms with Crippen LogP contribution in [0.2, 0.25) is 0 Å². The second-order valence-electron chi connectivity index (χ2n) is 6.10. The Bertz CT molecular complexity index is 337. The predicted octanol–water partition coefficient (Wildman–Crippen LogP) is 2.71. The lowest BCUT2D eigenvalue weighted by atomic mass is 9.93. The van der Waals surface area contributed by atoms with Crippen molar-refractivity contribution in [2.45, 2.75) is 32.6 Å². The molecule has 1 unspecified atom stereocenters. The fraction of sp³-hybridized carbons (Fsp3) is 0.800. The molecule has 108 valence electrons. The second-order valence-corrected chi connectivity index (χ2v) is 6.63. The van der Waals surface area contributed by atoms with Gasteiger partial charge in [0.05, 0.1) is 0 Å². The molecule has 2 heterocycles. The second kappa shape index (κ2) is 6.76. The van der Waals surface area contributed by atoms with Crippen LogP contribution in [0.25, 0.3) is 0 Å². The van der Waals surface area contributed by atoms with Crippen molar-refractivity contribution in [2.75, 3.05) is 32.7 Å². The minimum absolute atomic E-state index is 0.227. The van der Waals surface area contributed by atoms with Crippen LogP contribution < -0.4 is 0 Å². The van der Waals surface area contributed by atoms with E-state index in [1.54, 1.807) is 0 Å². The third-order valence-electron chi connectivity index (χ3n) is 4.30. The maximum Gasteiger partial charge on any atom is 0.225 e. The monoisotopic (exact) mass is 284 g/mol. The van der Waals surface area contributed by atoms with Crippen molar-refractivity contribution in [2.24, 2.45) is 11.8 Å². The van der Waals surface area contributed by atoms with Crippen LogP contribution in [-0.2, 0) is 4.79 Å². The maximum atomic E-state index is 12.5. The summed E-state index contributed by atoms with van der Waals surface area (Å²) in [5, 5.41) is 0.689. The third-order valence-corrected chi connectivity index (χ3v) is 4.42. The van der Waals surface area contributed by atoms with Crippen LogP contribution in [0, 0.1) is 11.8 Å². The van der Waals surface area contributed by atoms with E-state index in [4.69, 9.17) is 11.6 Å². The molecule has 4 heteroatoms. The molecule has 2 rings (SSSR count). The highest BCUT2D eigenvalue weighted by Gasteiger charge is 2.30. The number of carbonyl (C=O) groups is 1. The van der Waals surface area contributed by atoms with Crippen molar-refractivity contribution >= 4 is 17.5 Å². The molecule has 1 atom stereocenters. The van der Waals surface area contributed by atoms with Gasteiger partial charge >= 0.3 is 0 Å². The van der Waals surface area contributed by atoms with Crippen LogP contribution in [0.5, 0.6) is 0 Å². The first kappa shape index (κ1) is 14.9. The van der Waals surface area contributed by atoms with E-state index < -0.39 is 0 Å². The summed E-state index contributed by atoms with van der Waals surface area (Å²) >= 11 is 5.84. The smallest absolute Gasteiger partial charge is 0.225 e. The molecule has 2 aliphatic heterocycles. The van der Waals surface area contributed by atoms with Crippen molar-refractivity contribution in [3.8, 4) is 0 Å². The summed E-state index contributed by atoms with van der Waals surface area (Å²) in [6.07, 6.45) is 4.36. The quantitative estimate of drug-likeness (QED) is 0.796. The SMILES string of the molecule is C=C(Cl)CN1CCC(C(=O)N2CCCC(C)C2)CC1. The van der Waals surface area contributed by atoms with Gasteiger partial charge < -0.3 is 4.90 Å². The molecule has 2 fully saturated rings. The van der Waals surface area contributed by atoms with Crippen LogP contribution in [0.1, 0.15) is 32.6 Å². The molecule has 0 aliphatic carbocycles. The lowest BCUT2D eigenvalue weighted by molar-refractivity contribution is -0.138. The van der Waals surface area contributed by atoms with E-state index in [-0.39, 0.29) is 5.92 Å². The van der Waals surface area contributed by atoms with E-state index in [9.17, 15) is 4.79 Å². The zero-order chi connectivity index (χ0) is 13.8. The molecule has 19 heavy (non-hydrogen) atoms. The van der Waals surface area contributed by atoms with Crippen molar-refractivity contribution in [3.63, 3.8) is 0 Å². The number of likely N-dealkylation sites (tertiary alicyclic amines) is 2. The highest BCUT2D eigenvalue weighted by Crippen LogP contribution is 2.24. The topological polar surface area (TPSA) is 23.6 Å². The summed E-state index contributed by atoms with van der Waals surface area (Å²) < 4.78 is 0. The van der Waals surface area contributed by atoms with Gasteiger partial charge in [-0.15, -0.1) is 0 Å². The van der Waals surface area contributed by atoms with Crippen LogP contribution in [0.4, 0.5) is 0 Å². The molecule has 0 bridgehead atoms. The molecule has 2 saturated heterocycles. The molecule has 2 aliphatic rings. The molecule has 0 radical (unpaired) electrons. The number of carbonyl (C=O) groups excluding carboxylic acids is 1. The number of amides is 1. The van der Waals surface area contributed by atoms with Gasteiger partial charge in [-0.3, -0.25) is 9.69 Å². The maximum absolute atomic E-state index is 12.5. The van der Waals surface area contributed by atoms with Crippen LogP contribution in [0.3, 0.4) is 0 Å². The van der Waals surface area contributed by atoms with Crippen molar-refractivity contribution < 1.29 is 4.79 Å². The summed E-state index contributed by atoms with van der Waals surface area (Å²) in [5.41, 5.74) is 0. The lowest BCUT2D eigenvalue weighted by Gasteiger charge is -2.37. The van der Waals surface area contributed by atoms with Gasteiger partial charge in [-0.05, 0) is 44.7 Å². The molecule has 0 spiro atoms. The molecular formula is C15H25ClN2O. The van der Waals surface area contributed by atoms with E-state index in [0.29, 0.717) is 16.9 Å². The fourth-order valence-electron chi connectivity index (χ4n) is 3.23. The minimum atomic E-state index is 0.227. The van der Waals surface area contributed by atoms with Crippen LogP contribution in [0.15, 0.2) is 11.6 Å². The number of rotatable bonds is 3. The molecule has 0 saturated carbocycles. The number of nitrogens with zero attached hydrogens (tertiary/aromatic N) is 2. The van der Waals surface area contributed by atoms with Crippen molar-refractivity contribution in [1.82, 2.24) is 9.80 Å². The first-order valence-corrected chi connectivity index (χ1v) is 7.78. The van der Waals surface area contributed by atoms with E-state index in [2.05, 4.69) is 23.3 Å². The highest BCUT2D eigenvalue weighted by molar-refractivity contribution is 6.29. The Morgan fingerprint density at radius 3 is 2.53 bits per heavy atom. The summed E-state index contributed by atoms with van der Waals surface area (Å²) in [7, 11) is 0. The molecule has 0 aromatic heterocycles. The van der Waals surface area contributed by atoms with Gasteiger partial charge in [-0.2, -0.15) is 0 Å². The lowest BCUT2D eigenvalue weighted by Crippen LogP contribution is -2.46. The number of piperidine rings is 2. The Morgan fingerprint density at radius 2 is 1.95 bits per heavy atom. The Morgan fingerprint density at radius 1 is 1.26 bits per heavy atom. The van der Waals surface area contributed by atoms with Gasteiger partial charge in [0.1, 0.15) is 0 Å². The Balaban J connectivity index is 1.80. The summed E-state index contributed by atoms with van der Waals surface area (Å²) in [4.78, 5) is 16.9. The first-order chi connectivity index (χ1) is 9.06. The predicted molar refractivity (Wildman–Crippen MR) is 79.1 cm³/mol. The third kappa shape index (κ3) is 4.22. The molecular weight excluding hydrogens is 260 g/mol. The van der Waals surface area contributed by atoms with E-state index in [0.717, 1.165) is 52.0 Å². The van der Waals surface area contributed by atoms with Crippen molar-refractivity contribution in [3.05, 3.63) is 11.6 Å². The van der Waals surface area contributed by atoms with E-state index in [1.165, 1.54) is 6.42 Å². The summed E-state index contributed by atoms with van der Waals surface area (Å²) in [6.45, 7) is 10.6. The normalized spacial score (nSPS) is 26.4. The Hall–Kier alpha value is -0.540. The number of hydrogen-bond donors (Lipinski definition) is 0. The number of hydrogen-bond acceptors (Lipinski definition) is 2. The molecule has 1 amide bonds. The Labute approximate surface area is 121 Å². The largest absolute Gasteiger partial charge is 0.342 e. The summed E-state index contributed by atoms with van der Waals surface area (Å²) in [5.74, 6) is 1.28. The highest BCUT2D eigenvalue weighted by atomic mass is 35.5. The summed E-state index contributed by atoms with van der Waals surface area (Å²) in [6, 6.07) is 0. The van der Waals surface area contributed by atoms with Crippen molar-refractivity contribution in [1.29, 1.82) is 0 Å². The van der Waals surface area contributed by atoms with Gasteiger partial charge in [-0.1, -0.05) is 25.1 Å². The zero-order valence-electron chi connectivity index (χ0n) is 11.9. The van der Waals surface area contributed by atoms with Gasteiger partial charge in [0.2, 0.25) is 5.91 Å². The van der Waals surface area contributed by atoms with Gasteiger partial charge in [0, 0.05) is 30.6 Å².